The first-order valence-electron chi connectivity index (χ1n) is 5.28. The third-order valence-corrected chi connectivity index (χ3v) is 2.37. The van der Waals surface area contributed by atoms with Gasteiger partial charge in [0.25, 0.3) is 0 Å². The van der Waals surface area contributed by atoms with E-state index in [0.29, 0.717) is 0 Å². The first-order valence-corrected chi connectivity index (χ1v) is 5.28. The van der Waals surface area contributed by atoms with Gasteiger partial charge in [0, 0.05) is 11.8 Å². The molecule has 2 heteroatoms. The van der Waals surface area contributed by atoms with E-state index in [1.807, 2.05) is 18.2 Å². The van der Waals surface area contributed by atoms with Crippen LogP contribution in [0, 0.1) is 0 Å². The molecule has 2 nitrogen and oxygen atoms in total. The van der Waals surface area contributed by atoms with E-state index in [4.69, 9.17) is 0 Å². The lowest BCUT2D eigenvalue weighted by Crippen LogP contribution is -1.94. The Morgan fingerprint density at radius 1 is 1.07 bits per heavy atom. The van der Waals surface area contributed by atoms with Crippen LogP contribution in [0.2, 0.25) is 0 Å². The normalized spacial score (nSPS) is 10.2. The zero-order valence-corrected chi connectivity index (χ0v) is 8.85. The van der Waals surface area contributed by atoms with Crippen LogP contribution in [0.1, 0.15) is 18.9 Å². The van der Waals surface area contributed by atoms with Gasteiger partial charge in [-0.25, -0.2) is 0 Å². The van der Waals surface area contributed by atoms with Gasteiger partial charge < -0.3 is 0 Å². The first kappa shape index (κ1) is 9.84. The van der Waals surface area contributed by atoms with Gasteiger partial charge in [-0.1, -0.05) is 43.7 Å². The van der Waals surface area contributed by atoms with Crippen LogP contribution in [0.15, 0.2) is 42.6 Å². The van der Waals surface area contributed by atoms with Gasteiger partial charge >= 0.3 is 0 Å². The van der Waals surface area contributed by atoms with E-state index in [9.17, 15) is 0 Å². The summed E-state index contributed by atoms with van der Waals surface area (Å²) in [6, 6.07) is 12.3. The lowest BCUT2D eigenvalue weighted by Gasteiger charge is -2.05. The number of benzene rings is 1. The molecule has 0 aliphatic rings. The van der Waals surface area contributed by atoms with Crippen molar-refractivity contribution >= 4 is 0 Å². The third-order valence-electron chi connectivity index (χ3n) is 2.37. The quantitative estimate of drug-likeness (QED) is 0.757. The largest absolute Gasteiger partial charge is 0.159 e. The molecule has 0 unspecified atom stereocenters. The van der Waals surface area contributed by atoms with Crippen molar-refractivity contribution in [3.05, 3.63) is 48.2 Å². The average molecular weight is 198 g/mol. The molecule has 0 amide bonds. The van der Waals surface area contributed by atoms with Crippen LogP contribution in [0.3, 0.4) is 0 Å². The maximum absolute atomic E-state index is 4.22. The lowest BCUT2D eigenvalue weighted by molar-refractivity contribution is 0.897. The molecule has 0 fully saturated rings. The second kappa shape index (κ2) is 4.69. The number of nitrogens with zero attached hydrogens (tertiary/aromatic N) is 2. The Balaban J connectivity index is 2.43. The summed E-state index contributed by atoms with van der Waals surface area (Å²) in [5, 5.41) is 8.17. The van der Waals surface area contributed by atoms with Crippen LogP contribution >= 0.6 is 0 Å². The van der Waals surface area contributed by atoms with Crippen molar-refractivity contribution < 1.29 is 0 Å². The zero-order valence-electron chi connectivity index (χ0n) is 8.85. The highest BCUT2D eigenvalue weighted by molar-refractivity contribution is 5.62. The summed E-state index contributed by atoms with van der Waals surface area (Å²) < 4.78 is 0. The molecule has 1 aromatic heterocycles. The van der Waals surface area contributed by atoms with Gasteiger partial charge in [-0.15, -0.1) is 0 Å². The fourth-order valence-corrected chi connectivity index (χ4v) is 1.67. The van der Waals surface area contributed by atoms with E-state index in [0.717, 1.165) is 24.1 Å². The molecule has 1 aromatic carbocycles. The van der Waals surface area contributed by atoms with Gasteiger partial charge in [-0.05, 0) is 18.1 Å². The maximum atomic E-state index is 4.22. The molecule has 0 radical (unpaired) electrons. The second-order valence-electron chi connectivity index (χ2n) is 3.52. The van der Waals surface area contributed by atoms with Crippen LogP contribution in [-0.4, -0.2) is 10.2 Å². The van der Waals surface area contributed by atoms with Crippen molar-refractivity contribution in [2.75, 3.05) is 0 Å². The van der Waals surface area contributed by atoms with E-state index in [1.54, 1.807) is 6.20 Å². The molecule has 0 atom stereocenters. The Kier molecular flexibility index (Phi) is 3.08. The molecule has 0 N–H and O–H groups in total. The van der Waals surface area contributed by atoms with Crippen LogP contribution < -0.4 is 0 Å². The smallest absolute Gasteiger partial charge is 0.0961 e. The average Bonchev–Trinajstić information content (AvgIpc) is 2.31. The molecular weight excluding hydrogens is 184 g/mol. The van der Waals surface area contributed by atoms with Gasteiger partial charge in [0.05, 0.1) is 5.69 Å². The summed E-state index contributed by atoms with van der Waals surface area (Å²) in [6.07, 6.45) is 3.95. The Bertz CT molecular complexity index is 424. The molecule has 0 spiro atoms. The molecule has 0 saturated heterocycles. The minimum atomic E-state index is 1.01. The van der Waals surface area contributed by atoms with E-state index in [2.05, 4.69) is 35.3 Å². The molecule has 0 bridgehead atoms. The summed E-state index contributed by atoms with van der Waals surface area (Å²) in [5.74, 6) is 0. The van der Waals surface area contributed by atoms with Gasteiger partial charge in [-0.2, -0.15) is 10.2 Å². The highest BCUT2D eigenvalue weighted by Gasteiger charge is 2.04. The lowest BCUT2D eigenvalue weighted by atomic mass is 10.0. The van der Waals surface area contributed by atoms with Crippen molar-refractivity contribution in [3.63, 3.8) is 0 Å². The summed E-state index contributed by atoms with van der Waals surface area (Å²) in [5.41, 5.74) is 3.44. The van der Waals surface area contributed by atoms with Crippen molar-refractivity contribution in [1.29, 1.82) is 0 Å². The SMILES string of the molecule is CCCc1ccnnc1-c1ccccc1. The summed E-state index contributed by atoms with van der Waals surface area (Å²) in [6.45, 7) is 2.18. The number of aryl methyl sites for hydroxylation is 1. The monoisotopic (exact) mass is 198 g/mol. The fraction of sp³-hybridized carbons (Fsp3) is 0.231. The number of hydrogen-bond donors (Lipinski definition) is 0. The van der Waals surface area contributed by atoms with Gasteiger partial charge in [0.1, 0.15) is 0 Å². The highest BCUT2D eigenvalue weighted by Crippen LogP contribution is 2.20. The predicted molar refractivity (Wildman–Crippen MR) is 61.5 cm³/mol. The Labute approximate surface area is 90.0 Å². The molecule has 2 aromatic rings. The molecule has 2 rings (SSSR count). The fourth-order valence-electron chi connectivity index (χ4n) is 1.67. The van der Waals surface area contributed by atoms with Crippen LogP contribution in [0.4, 0.5) is 0 Å². The molecular formula is C13H14N2. The van der Waals surface area contributed by atoms with Crippen molar-refractivity contribution in [1.82, 2.24) is 10.2 Å². The maximum Gasteiger partial charge on any atom is 0.0961 e. The minimum absolute atomic E-state index is 1.01. The summed E-state index contributed by atoms with van der Waals surface area (Å²) >= 11 is 0. The van der Waals surface area contributed by atoms with Crippen molar-refractivity contribution in [2.24, 2.45) is 0 Å². The molecule has 0 saturated carbocycles. The van der Waals surface area contributed by atoms with Crippen LogP contribution in [0.25, 0.3) is 11.3 Å². The summed E-state index contributed by atoms with van der Waals surface area (Å²) in [4.78, 5) is 0. The Morgan fingerprint density at radius 3 is 2.60 bits per heavy atom. The number of aromatic nitrogens is 2. The standard InChI is InChI=1S/C13H14N2/c1-2-6-11-9-10-14-15-13(11)12-7-4-3-5-8-12/h3-5,7-10H,2,6H2,1H3. The van der Waals surface area contributed by atoms with Crippen molar-refractivity contribution in [2.45, 2.75) is 19.8 Å². The van der Waals surface area contributed by atoms with E-state index in [1.165, 1.54) is 5.56 Å². The molecule has 76 valence electrons. The molecule has 0 aliphatic heterocycles. The van der Waals surface area contributed by atoms with E-state index < -0.39 is 0 Å². The topological polar surface area (TPSA) is 25.8 Å². The predicted octanol–water partition coefficient (Wildman–Crippen LogP) is 3.10. The van der Waals surface area contributed by atoms with Crippen molar-refractivity contribution in [3.8, 4) is 11.3 Å². The molecule has 15 heavy (non-hydrogen) atoms. The third kappa shape index (κ3) is 2.21. The molecule has 0 aliphatic carbocycles. The van der Waals surface area contributed by atoms with Crippen LogP contribution in [0.5, 0.6) is 0 Å². The van der Waals surface area contributed by atoms with E-state index in [-0.39, 0.29) is 0 Å². The summed E-state index contributed by atoms with van der Waals surface area (Å²) in [7, 11) is 0. The molecule has 1 heterocycles. The minimum Gasteiger partial charge on any atom is -0.159 e. The zero-order chi connectivity index (χ0) is 10.5. The number of hydrogen-bond acceptors (Lipinski definition) is 2. The van der Waals surface area contributed by atoms with Crippen LogP contribution in [-0.2, 0) is 6.42 Å². The Morgan fingerprint density at radius 2 is 1.87 bits per heavy atom. The second-order valence-corrected chi connectivity index (χ2v) is 3.52. The Hall–Kier alpha value is -1.70. The number of rotatable bonds is 3. The van der Waals surface area contributed by atoms with Gasteiger partial charge in [-0.3, -0.25) is 0 Å². The van der Waals surface area contributed by atoms with E-state index >= 15 is 0 Å². The van der Waals surface area contributed by atoms with Gasteiger partial charge in [0.2, 0.25) is 0 Å². The first-order chi connectivity index (χ1) is 7.42. The highest BCUT2D eigenvalue weighted by atomic mass is 15.1. The van der Waals surface area contributed by atoms with Gasteiger partial charge in [0.15, 0.2) is 0 Å².